The molecule has 16 heavy (non-hydrogen) atoms. The molecule has 1 aliphatic heterocycles. The third-order valence-electron chi connectivity index (χ3n) is 2.81. The van der Waals surface area contributed by atoms with Crippen molar-refractivity contribution in [3.05, 3.63) is 41.8 Å². The fourth-order valence-corrected chi connectivity index (χ4v) is 1.95. The van der Waals surface area contributed by atoms with Crippen molar-refractivity contribution in [1.82, 2.24) is 15.1 Å². The fraction of sp³-hybridized carbons (Fsp3) is 0.250. The van der Waals surface area contributed by atoms with Crippen molar-refractivity contribution >= 4 is 0 Å². The van der Waals surface area contributed by atoms with E-state index in [0.717, 1.165) is 30.9 Å². The van der Waals surface area contributed by atoms with Gasteiger partial charge in [0.1, 0.15) is 5.82 Å². The number of halogens is 1. The Hall–Kier alpha value is -1.68. The molecule has 1 aliphatic rings. The first-order valence-electron chi connectivity index (χ1n) is 5.36. The van der Waals surface area contributed by atoms with Crippen molar-refractivity contribution < 1.29 is 4.39 Å². The van der Waals surface area contributed by atoms with Crippen LogP contribution in [0.25, 0.3) is 11.3 Å². The smallest absolute Gasteiger partial charge is 0.123 e. The summed E-state index contributed by atoms with van der Waals surface area (Å²) in [5, 5.41) is 7.80. The number of nitrogens with zero attached hydrogens (tertiary/aromatic N) is 2. The first-order valence-corrected chi connectivity index (χ1v) is 5.36. The van der Waals surface area contributed by atoms with E-state index in [1.807, 2.05) is 4.68 Å². The molecule has 0 fully saturated rings. The highest BCUT2D eigenvalue weighted by Crippen LogP contribution is 2.20. The second kappa shape index (κ2) is 3.72. The minimum absolute atomic E-state index is 0.214. The van der Waals surface area contributed by atoms with Crippen molar-refractivity contribution in [1.29, 1.82) is 0 Å². The van der Waals surface area contributed by atoms with Gasteiger partial charge in [-0.3, -0.25) is 4.68 Å². The third-order valence-corrected chi connectivity index (χ3v) is 2.81. The Bertz CT molecular complexity index is 478. The zero-order valence-electron chi connectivity index (χ0n) is 8.78. The van der Waals surface area contributed by atoms with Gasteiger partial charge in [0.25, 0.3) is 0 Å². The average Bonchev–Trinajstić information content (AvgIpc) is 2.73. The molecule has 4 heteroatoms. The van der Waals surface area contributed by atoms with E-state index >= 15 is 0 Å². The molecule has 0 unspecified atom stereocenters. The average molecular weight is 217 g/mol. The van der Waals surface area contributed by atoms with Crippen LogP contribution >= 0.6 is 0 Å². The lowest BCUT2D eigenvalue weighted by atomic mass is 10.1. The second-order valence-electron chi connectivity index (χ2n) is 3.93. The molecule has 0 aliphatic carbocycles. The molecule has 82 valence electrons. The summed E-state index contributed by atoms with van der Waals surface area (Å²) in [5.41, 5.74) is 3.06. The first-order chi connectivity index (χ1) is 7.83. The van der Waals surface area contributed by atoms with Crippen molar-refractivity contribution in [2.45, 2.75) is 13.1 Å². The molecular weight excluding hydrogens is 205 g/mol. The SMILES string of the molecule is Fc1ccc(-c2cc3n(n2)CCNC3)cc1. The molecular formula is C12H12FN3. The maximum absolute atomic E-state index is 12.8. The molecule has 1 aromatic carbocycles. The zero-order valence-corrected chi connectivity index (χ0v) is 8.78. The summed E-state index contributed by atoms with van der Waals surface area (Å²) in [7, 11) is 0. The minimum atomic E-state index is -0.214. The van der Waals surface area contributed by atoms with Crippen LogP contribution in [0.3, 0.4) is 0 Å². The number of rotatable bonds is 1. The van der Waals surface area contributed by atoms with Crippen LogP contribution in [0.15, 0.2) is 30.3 Å². The largest absolute Gasteiger partial charge is 0.309 e. The normalized spacial score (nSPS) is 14.8. The van der Waals surface area contributed by atoms with Crippen molar-refractivity contribution in [3.63, 3.8) is 0 Å². The molecule has 0 radical (unpaired) electrons. The lowest BCUT2D eigenvalue weighted by Crippen LogP contribution is -2.28. The highest BCUT2D eigenvalue weighted by molar-refractivity contribution is 5.59. The molecule has 3 nitrogen and oxygen atoms in total. The van der Waals surface area contributed by atoms with E-state index in [-0.39, 0.29) is 5.82 Å². The van der Waals surface area contributed by atoms with E-state index in [1.54, 1.807) is 12.1 Å². The van der Waals surface area contributed by atoms with Crippen LogP contribution < -0.4 is 5.32 Å². The predicted molar refractivity (Wildman–Crippen MR) is 59.3 cm³/mol. The Morgan fingerprint density at radius 1 is 1.25 bits per heavy atom. The third kappa shape index (κ3) is 1.61. The van der Waals surface area contributed by atoms with Crippen LogP contribution in [0.2, 0.25) is 0 Å². The van der Waals surface area contributed by atoms with Crippen molar-refractivity contribution in [3.8, 4) is 11.3 Å². The van der Waals surface area contributed by atoms with E-state index < -0.39 is 0 Å². The number of hydrogen-bond acceptors (Lipinski definition) is 2. The molecule has 1 N–H and O–H groups in total. The maximum Gasteiger partial charge on any atom is 0.123 e. The van der Waals surface area contributed by atoms with Crippen LogP contribution in [0.4, 0.5) is 4.39 Å². The Morgan fingerprint density at radius 2 is 2.06 bits per heavy atom. The lowest BCUT2D eigenvalue weighted by molar-refractivity contribution is 0.476. The fourth-order valence-electron chi connectivity index (χ4n) is 1.95. The number of hydrogen-bond donors (Lipinski definition) is 1. The van der Waals surface area contributed by atoms with Crippen LogP contribution in [-0.2, 0) is 13.1 Å². The number of fused-ring (bicyclic) bond motifs is 1. The quantitative estimate of drug-likeness (QED) is 0.789. The number of aromatic nitrogens is 2. The molecule has 0 saturated heterocycles. The van der Waals surface area contributed by atoms with Gasteiger partial charge in [0.15, 0.2) is 0 Å². The summed E-state index contributed by atoms with van der Waals surface area (Å²) < 4.78 is 14.8. The van der Waals surface area contributed by atoms with Gasteiger partial charge in [0.05, 0.1) is 17.9 Å². The topological polar surface area (TPSA) is 29.9 Å². The summed E-state index contributed by atoms with van der Waals surface area (Å²) in [6, 6.07) is 8.51. The number of nitrogens with one attached hydrogen (secondary N) is 1. The Labute approximate surface area is 92.9 Å². The zero-order chi connectivity index (χ0) is 11.0. The molecule has 3 rings (SSSR count). The molecule has 2 aromatic rings. The molecule has 1 aromatic heterocycles. The summed E-state index contributed by atoms with van der Waals surface area (Å²) in [5.74, 6) is -0.214. The lowest BCUT2D eigenvalue weighted by Gasteiger charge is -2.13. The highest BCUT2D eigenvalue weighted by Gasteiger charge is 2.12. The molecule has 0 bridgehead atoms. The van der Waals surface area contributed by atoms with E-state index in [9.17, 15) is 4.39 Å². The molecule has 0 saturated carbocycles. The molecule has 0 spiro atoms. The van der Waals surface area contributed by atoms with Gasteiger partial charge in [-0.05, 0) is 30.3 Å². The van der Waals surface area contributed by atoms with Crippen LogP contribution in [0, 0.1) is 5.82 Å². The van der Waals surface area contributed by atoms with Gasteiger partial charge < -0.3 is 5.32 Å². The van der Waals surface area contributed by atoms with Gasteiger partial charge >= 0.3 is 0 Å². The van der Waals surface area contributed by atoms with Gasteiger partial charge in [0, 0.05) is 18.7 Å². The summed E-state index contributed by atoms with van der Waals surface area (Å²) >= 11 is 0. The van der Waals surface area contributed by atoms with E-state index in [1.165, 1.54) is 17.8 Å². The van der Waals surface area contributed by atoms with Crippen LogP contribution in [-0.4, -0.2) is 16.3 Å². The van der Waals surface area contributed by atoms with Gasteiger partial charge in [-0.25, -0.2) is 4.39 Å². The van der Waals surface area contributed by atoms with Gasteiger partial charge in [-0.15, -0.1) is 0 Å². The summed E-state index contributed by atoms with van der Waals surface area (Å²) in [6.07, 6.45) is 0. The maximum atomic E-state index is 12.8. The van der Waals surface area contributed by atoms with E-state index in [0.29, 0.717) is 0 Å². The van der Waals surface area contributed by atoms with Gasteiger partial charge in [-0.1, -0.05) is 0 Å². The van der Waals surface area contributed by atoms with Gasteiger partial charge in [0.2, 0.25) is 0 Å². The summed E-state index contributed by atoms with van der Waals surface area (Å²) in [6.45, 7) is 2.71. The Morgan fingerprint density at radius 3 is 2.81 bits per heavy atom. The Kier molecular flexibility index (Phi) is 2.22. The second-order valence-corrected chi connectivity index (χ2v) is 3.93. The highest BCUT2D eigenvalue weighted by atomic mass is 19.1. The molecule has 0 atom stereocenters. The standard InChI is InChI=1S/C12H12FN3/c13-10-3-1-9(2-4-10)12-7-11-8-14-5-6-16(11)15-12/h1-4,7,14H,5-6,8H2. The summed E-state index contributed by atoms with van der Waals surface area (Å²) in [4.78, 5) is 0. The van der Waals surface area contributed by atoms with Crippen LogP contribution in [0.1, 0.15) is 5.69 Å². The predicted octanol–water partition coefficient (Wildman–Crippen LogP) is 1.79. The van der Waals surface area contributed by atoms with Gasteiger partial charge in [-0.2, -0.15) is 5.10 Å². The molecule has 0 amide bonds. The minimum Gasteiger partial charge on any atom is -0.309 e. The van der Waals surface area contributed by atoms with E-state index in [2.05, 4.69) is 16.5 Å². The van der Waals surface area contributed by atoms with Crippen molar-refractivity contribution in [2.24, 2.45) is 0 Å². The van der Waals surface area contributed by atoms with E-state index in [4.69, 9.17) is 0 Å². The Balaban J connectivity index is 2.00. The molecule has 2 heterocycles. The first kappa shape index (κ1) is 9.54. The van der Waals surface area contributed by atoms with Crippen molar-refractivity contribution in [2.75, 3.05) is 6.54 Å². The monoisotopic (exact) mass is 217 g/mol. The van der Waals surface area contributed by atoms with Crippen LogP contribution in [0.5, 0.6) is 0 Å². The number of benzene rings is 1.